The molecule has 1 N–H and O–H groups in total. The van der Waals surface area contributed by atoms with E-state index in [0.717, 1.165) is 25.3 Å². The van der Waals surface area contributed by atoms with Gasteiger partial charge in [0.15, 0.2) is 0 Å². The molecular weight excluding hydrogens is 486 g/mol. The molecule has 0 radical (unpaired) electrons. The van der Waals surface area contributed by atoms with Crippen molar-refractivity contribution in [3.63, 3.8) is 0 Å². The number of para-hydroxylation sites is 1. The second-order valence-electron chi connectivity index (χ2n) is 9.11. The molecule has 10 nitrogen and oxygen atoms in total. The number of Topliss-reactive ketones (excluding diaryl/α,β-unsaturated/α-hetero) is 1. The van der Waals surface area contributed by atoms with Crippen LogP contribution in [0.5, 0.6) is 0 Å². The Balaban J connectivity index is 1.78. The third-order valence-electron chi connectivity index (χ3n) is 6.99. The number of aromatic nitrogens is 2. The molecule has 10 heteroatoms. The van der Waals surface area contributed by atoms with Crippen molar-refractivity contribution in [2.45, 2.75) is 33.2 Å². The number of aliphatic hydroxyl groups is 1. The number of hydrogen-bond donors (Lipinski definition) is 1. The zero-order valence-corrected chi connectivity index (χ0v) is 21.7. The number of carbonyl (C=O) groups excluding carboxylic acids is 2. The van der Waals surface area contributed by atoms with Gasteiger partial charge in [-0.15, -0.1) is 0 Å². The van der Waals surface area contributed by atoms with Crippen LogP contribution >= 0.6 is 0 Å². The van der Waals surface area contributed by atoms with E-state index in [-0.39, 0.29) is 17.0 Å². The number of benzene rings is 2. The van der Waals surface area contributed by atoms with Gasteiger partial charge >= 0.3 is 0 Å². The van der Waals surface area contributed by atoms with E-state index in [1.54, 1.807) is 11.6 Å². The molecule has 1 aliphatic heterocycles. The summed E-state index contributed by atoms with van der Waals surface area (Å²) in [5, 5.41) is 27.0. The van der Waals surface area contributed by atoms with Crippen LogP contribution in [0.1, 0.15) is 43.1 Å². The van der Waals surface area contributed by atoms with Crippen molar-refractivity contribution in [1.82, 2.24) is 19.6 Å². The van der Waals surface area contributed by atoms with Gasteiger partial charge in [-0.05, 0) is 62.8 Å². The number of non-ortho nitro benzene ring substituents is 1. The van der Waals surface area contributed by atoms with Crippen LogP contribution < -0.4 is 0 Å². The summed E-state index contributed by atoms with van der Waals surface area (Å²) >= 11 is 0. The zero-order chi connectivity index (χ0) is 27.4. The number of rotatable bonds is 10. The molecule has 1 fully saturated rings. The van der Waals surface area contributed by atoms with Crippen molar-refractivity contribution < 1.29 is 19.6 Å². The highest BCUT2D eigenvalue weighted by Crippen LogP contribution is 2.40. The summed E-state index contributed by atoms with van der Waals surface area (Å²) in [6, 6.07) is 14.2. The molecule has 1 saturated heterocycles. The molecule has 1 amide bonds. The lowest BCUT2D eigenvalue weighted by atomic mass is 9.95. The molecule has 198 valence electrons. The van der Waals surface area contributed by atoms with Crippen molar-refractivity contribution in [2.24, 2.45) is 0 Å². The van der Waals surface area contributed by atoms with Crippen LogP contribution in [-0.4, -0.2) is 67.5 Å². The fraction of sp³-hybridized carbons (Fsp3) is 0.321. The van der Waals surface area contributed by atoms with Gasteiger partial charge in [0.1, 0.15) is 5.76 Å². The van der Waals surface area contributed by atoms with Gasteiger partial charge in [-0.1, -0.05) is 32.0 Å². The first-order valence-corrected chi connectivity index (χ1v) is 12.6. The average Bonchev–Trinajstić information content (AvgIpc) is 3.43. The minimum atomic E-state index is -0.882. The van der Waals surface area contributed by atoms with Crippen LogP contribution in [0.15, 0.2) is 66.4 Å². The Hall–Kier alpha value is -4.31. The first-order valence-electron chi connectivity index (χ1n) is 12.6. The Morgan fingerprint density at radius 2 is 1.74 bits per heavy atom. The van der Waals surface area contributed by atoms with Gasteiger partial charge in [0, 0.05) is 18.7 Å². The average molecular weight is 518 g/mol. The molecule has 0 bridgehead atoms. The van der Waals surface area contributed by atoms with Crippen LogP contribution in [0.25, 0.3) is 11.4 Å². The van der Waals surface area contributed by atoms with Crippen molar-refractivity contribution in [1.29, 1.82) is 0 Å². The first-order chi connectivity index (χ1) is 18.3. The van der Waals surface area contributed by atoms with Crippen molar-refractivity contribution in [3.8, 4) is 5.69 Å². The normalized spacial score (nSPS) is 16.9. The van der Waals surface area contributed by atoms with Crippen LogP contribution in [0.2, 0.25) is 0 Å². The second-order valence-corrected chi connectivity index (χ2v) is 9.11. The first kappa shape index (κ1) is 26.7. The number of aliphatic hydroxyl groups excluding tert-OH is 1. The van der Waals surface area contributed by atoms with E-state index < -0.39 is 22.7 Å². The van der Waals surface area contributed by atoms with Crippen molar-refractivity contribution in [2.75, 3.05) is 26.2 Å². The Labute approximate surface area is 220 Å². The van der Waals surface area contributed by atoms with Gasteiger partial charge in [0.2, 0.25) is 0 Å². The Morgan fingerprint density at radius 1 is 1.08 bits per heavy atom. The number of hydrogen-bond acceptors (Lipinski definition) is 7. The predicted molar refractivity (Wildman–Crippen MR) is 143 cm³/mol. The van der Waals surface area contributed by atoms with Crippen molar-refractivity contribution in [3.05, 3.63) is 93.3 Å². The fourth-order valence-electron chi connectivity index (χ4n) is 4.86. The van der Waals surface area contributed by atoms with E-state index in [0.29, 0.717) is 29.8 Å². The van der Waals surface area contributed by atoms with E-state index >= 15 is 0 Å². The minimum Gasteiger partial charge on any atom is -0.507 e. The Morgan fingerprint density at radius 3 is 2.34 bits per heavy atom. The van der Waals surface area contributed by atoms with E-state index in [9.17, 15) is 24.8 Å². The number of nitrogens with zero attached hydrogens (tertiary/aromatic N) is 5. The molecule has 2 aromatic carbocycles. The monoisotopic (exact) mass is 517 g/mol. The molecule has 1 unspecified atom stereocenters. The standard InChI is InChI=1S/C28H31N5O5/c1-4-30(5-2)16-9-17-31-25(20-12-14-22(15-13-20)33(37)38)24(27(35)28(31)36)26(34)23-18-29-32(19(23)3)21-10-7-6-8-11-21/h6-8,10-15,18,25,34H,4-5,9,16-17H2,1-3H3. The van der Waals surface area contributed by atoms with Gasteiger partial charge in [-0.3, -0.25) is 19.7 Å². The lowest BCUT2D eigenvalue weighted by molar-refractivity contribution is -0.384. The molecule has 1 aromatic heterocycles. The van der Waals surface area contributed by atoms with Crippen molar-refractivity contribution >= 4 is 23.1 Å². The van der Waals surface area contributed by atoms with E-state index in [1.165, 1.54) is 35.4 Å². The van der Waals surface area contributed by atoms with E-state index in [4.69, 9.17) is 0 Å². The molecule has 0 aliphatic carbocycles. The number of ketones is 1. The highest BCUT2D eigenvalue weighted by atomic mass is 16.6. The van der Waals surface area contributed by atoms with Crippen LogP contribution in [0.3, 0.4) is 0 Å². The zero-order valence-electron chi connectivity index (χ0n) is 21.7. The second kappa shape index (κ2) is 11.4. The van der Waals surface area contributed by atoms with Crippen LogP contribution in [-0.2, 0) is 9.59 Å². The number of amides is 1. The Bertz CT molecular complexity index is 1360. The maximum atomic E-state index is 13.3. The van der Waals surface area contributed by atoms with Crippen LogP contribution in [0.4, 0.5) is 5.69 Å². The third kappa shape index (κ3) is 5.08. The molecular formula is C28H31N5O5. The molecule has 38 heavy (non-hydrogen) atoms. The summed E-state index contributed by atoms with van der Waals surface area (Å²) in [5.41, 5.74) is 2.07. The van der Waals surface area contributed by atoms with Gasteiger partial charge in [0.05, 0.1) is 39.7 Å². The van der Waals surface area contributed by atoms with Gasteiger partial charge < -0.3 is 14.9 Å². The van der Waals surface area contributed by atoms with Crippen LogP contribution in [0, 0.1) is 17.0 Å². The lowest BCUT2D eigenvalue weighted by Gasteiger charge is -2.26. The largest absolute Gasteiger partial charge is 0.507 e. The maximum Gasteiger partial charge on any atom is 0.295 e. The molecule has 0 spiro atoms. The highest BCUT2D eigenvalue weighted by molar-refractivity contribution is 6.46. The number of nitro groups is 1. The molecule has 1 atom stereocenters. The smallest absolute Gasteiger partial charge is 0.295 e. The summed E-state index contributed by atoms with van der Waals surface area (Å²) in [7, 11) is 0. The minimum absolute atomic E-state index is 0.0533. The van der Waals surface area contributed by atoms with E-state index in [1.807, 2.05) is 30.3 Å². The highest BCUT2D eigenvalue weighted by Gasteiger charge is 2.46. The summed E-state index contributed by atoms with van der Waals surface area (Å²) in [5.74, 6) is -1.82. The SMILES string of the molecule is CCN(CC)CCCN1C(=O)C(=O)C(=C(O)c2cnn(-c3ccccc3)c2C)C1c1ccc([N+](=O)[O-])cc1. The molecule has 0 saturated carbocycles. The lowest BCUT2D eigenvalue weighted by Crippen LogP contribution is -2.33. The van der Waals surface area contributed by atoms with Gasteiger partial charge in [-0.2, -0.15) is 5.10 Å². The number of carbonyl (C=O) groups is 2. The molecule has 1 aliphatic rings. The molecule has 2 heterocycles. The third-order valence-corrected chi connectivity index (χ3v) is 6.99. The quantitative estimate of drug-likeness (QED) is 0.140. The summed E-state index contributed by atoms with van der Waals surface area (Å²) in [4.78, 5) is 40.9. The number of nitro benzene ring substituents is 1. The summed E-state index contributed by atoms with van der Waals surface area (Å²) in [6.07, 6.45) is 2.10. The Kier molecular flexibility index (Phi) is 8.02. The van der Waals surface area contributed by atoms with E-state index in [2.05, 4.69) is 23.8 Å². The summed E-state index contributed by atoms with van der Waals surface area (Å²) < 4.78 is 1.65. The topological polar surface area (TPSA) is 122 Å². The van der Waals surface area contributed by atoms with Gasteiger partial charge in [-0.25, -0.2) is 4.68 Å². The van der Waals surface area contributed by atoms with Gasteiger partial charge in [0.25, 0.3) is 17.4 Å². The summed E-state index contributed by atoms with van der Waals surface area (Å²) in [6.45, 7) is 8.66. The number of likely N-dealkylation sites (tertiary alicyclic amines) is 1. The fourth-order valence-corrected chi connectivity index (χ4v) is 4.86. The maximum absolute atomic E-state index is 13.3. The molecule has 4 rings (SSSR count). The molecule has 3 aromatic rings. The predicted octanol–water partition coefficient (Wildman–Crippen LogP) is 4.24.